The lowest BCUT2D eigenvalue weighted by atomic mass is 9.91. The van der Waals surface area contributed by atoms with Crippen molar-refractivity contribution in [2.24, 2.45) is 17.8 Å². The Morgan fingerprint density at radius 3 is 2.40 bits per heavy atom. The molecule has 246 valence electrons. The van der Waals surface area contributed by atoms with Crippen LogP contribution in [0.25, 0.3) is 0 Å². The van der Waals surface area contributed by atoms with Gasteiger partial charge in [0.25, 0.3) is 5.91 Å². The summed E-state index contributed by atoms with van der Waals surface area (Å²) in [6.45, 7) is 5.44. The second-order valence-electron chi connectivity index (χ2n) is 11.7. The first kappa shape index (κ1) is 35.3. The molecule has 0 spiro atoms. The number of pyridine rings is 1. The van der Waals surface area contributed by atoms with Gasteiger partial charge in [-0.25, -0.2) is 4.98 Å². The number of methoxy groups -OCH3 is 1. The van der Waals surface area contributed by atoms with E-state index in [1.807, 2.05) is 30.3 Å². The van der Waals surface area contributed by atoms with Crippen molar-refractivity contribution in [2.45, 2.75) is 84.3 Å². The molecule has 0 saturated carbocycles. The quantitative estimate of drug-likeness (QED) is 0.160. The average molecular weight is 627 g/mol. The maximum atomic E-state index is 13.3. The number of rotatable bonds is 15. The van der Waals surface area contributed by atoms with Gasteiger partial charge in [-0.3, -0.25) is 19.2 Å². The number of aromatic nitrogens is 1. The minimum atomic E-state index is -0.974. The highest BCUT2D eigenvalue weighted by molar-refractivity contribution is 5.95. The van der Waals surface area contributed by atoms with Crippen LogP contribution in [0.4, 0.5) is 0 Å². The van der Waals surface area contributed by atoms with Gasteiger partial charge >= 0.3 is 17.9 Å². The van der Waals surface area contributed by atoms with Gasteiger partial charge in [0.1, 0.15) is 18.6 Å². The van der Waals surface area contributed by atoms with E-state index in [1.165, 1.54) is 19.4 Å². The van der Waals surface area contributed by atoms with Gasteiger partial charge in [0.05, 0.1) is 18.9 Å². The predicted molar refractivity (Wildman–Crippen MR) is 165 cm³/mol. The number of hydrogen-bond donors (Lipinski definition) is 2. The predicted octanol–water partition coefficient (Wildman–Crippen LogP) is 4.79. The van der Waals surface area contributed by atoms with Crippen molar-refractivity contribution in [1.82, 2.24) is 10.3 Å². The molecule has 1 aliphatic heterocycles. The van der Waals surface area contributed by atoms with Gasteiger partial charge < -0.3 is 29.4 Å². The first-order valence-corrected chi connectivity index (χ1v) is 15.7. The number of aromatic hydroxyl groups is 1. The van der Waals surface area contributed by atoms with E-state index in [0.29, 0.717) is 13.0 Å². The molecule has 11 heteroatoms. The van der Waals surface area contributed by atoms with E-state index in [1.54, 1.807) is 20.8 Å². The fraction of sp³-hybridized carbons (Fsp3) is 0.559. The number of carbonyl (C=O) groups is 4. The number of cyclic esters (lactones) is 2. The van der Waals surface area contributed by atoms with Crippen LogP contribution in [-0.4, -0.2) is 66.4 Å². The highest BCUT2D eigenvalue weighted by Gasteiger charge is 2.41. The summed E-state index contributed by atoms with van der Waals surface area (Å²) in [7, 11) is 1.41. The number of carbonyl (C=O) groups excluding carboxylic acids is 4. The Bertz CT molecular complexity index is 1270. The molecule has 11 nitrogen and oxygen atoms in total. The molecule has 2 heterocycles. The van der Waals surface area contributed by atoms with Gasteiger partial charge in [0, 0.05) is 18.8 Å². The molecule has 4 atom stereocenters. The van der Waals surface area contributed by atoms with Crippen LogP contribution < -0.4 is 10.1 Å². The van der Waals surface area contributed by atoms with Crippen molar-refractivity contribution in [1.29, 1.82) is 0 Å². The number of unbranched alkanes of at least 4 members (excludes halogenated alkanes) is 5. The van der Waals surface area contributed by atoms with Gasteiger partial charge in [-0.15, -0.1) is 0 Å². The Kier molecular flexibility index (Phi) is 14.1. The van der Waals surface area contributed by atoms with Gasteiger partial charge in [0.2, 0.25) is 0 Å². The van der Waals surface area contributed by atoms with Crippen molar-refractivity contribution >= 4 is 23.8 Å². The molecule has 2 aromatic rings. The van der Waals surface area contributed by atoms with E-state index in [0.717, 1.165) is 44.1 Å². The minimum absolute atomic E-state index is 0.0725. The number of nitrogens with one attached hydrogen (secondary N) is 1. The SMILES string of the molecule is COc1ccnc(C(=O)NCCCCCCCCC2COC(=O)C(Cc3ccccc3)C(OC(=O)C(C)C)C(C)OC2=O)c1O. The third-order valence-corrected chi connectivity index (χ3v) is 7.83. The molecule has 0 bridgehead atoms. The molecule has 0 aliphatic carbocycles. The number of hydrogen-bond acceptors (Lipinski definition) is 10. The molecular weight excluding hydrogens is 580 g/mol. The third kappa shape index (κ3) is 10.8. The summed E-state index contributed by atoms with van der Waals surface area (Å²) < 4.78 is 22.2. The average Bonchev–Trinajstić information content (AvgIpc) is 3.06. The standard InChI is InChI=1S/C34H46N2O9/c1-22(2)32(39)45-30-23(3)44-33(40)25(21-43-34(41)26(30)20-24-14-10-9-11-15-24)16-12-7-5-6-8-13-18-36-31(38)28-29(37)27(42-4)17-19-35-28/h9-11,14-15,17,19,22-23,25-26,30,37H,5-8,12-13,16,18,20-21H2,1-4H3,(H,36,38). The normalized spacial score (nSPS) is 20.3. The zero-order valence-corrected chi connectivity index (χ0v) is 26.7. The Morgan fingerprint density at radius 1 is 1.02 bits per heavy atom. The summed E-state index contributed by atoms with van der Waals surface area (Å²) in [5.41, 5.74) is 0.812. The fourth-order valence-corrected chi connectivity index (χ4v) is 5.16. The fourth-order valence-electron chi connectivity index (χ4n) is 5.16. The summed E-state index contributed by atoms with van der Waals surface area (Å²) in [5.74, 6) is -3.84. The molecule has 0 radical (unpaired) electrons. The monoisotopic (exact) mass is 626 g/mol. The second kappa shape index (κ2) is 18.0. The molecule has 3 rings (SSSR count). The van der Waals surface area contributed by atoms with Gasteiger partial charge in [0.15, 0.2) is 23.3 Å². The van der Waals surface area contributed by atoms with Crippen molar-refractivity contribution in [3.63, 3.8) is 0 Å². The first-order chi connectivity index (χ1) is 21.6. The third-order valence-electron chi connectivity index (χ3n) is 7.83. The zero-order chi connectivity index (χ0) is 32.8. The number of ether oxygens (including phenoxy) is 4. The summed E-state index contributed by atoms with van der Waals surface area (Å²) in [5, 5.41) is 12.8. The van der Waals surface area contributed by atoms with Crippen molar-refractivity contribution in [3.05, 3.63) is 53.9 Å². The summed E-state index contributed by atoms with van der Waals surface area (Å²) in [6.07, 6.45) is 5.58. The number of benzene rings is 1. The van der Waals surface area contributed by atoms with E-state index >= 15 is 0 Å². The molecule has 2 N–H and O–H groups in total. The summed E-state index contributed by atoms with van der Waals surface area (Å²) in [6, 6.07) is 10.9. The molecule has 1 amide bonds. The van der Waals surface area contributed by atoms with E-state index in [9.17, 15) is 24.3 Å². The van der Waals surface area contributed by atoms with Gasteiger partial charge in [-0.2, -0.15) is 0 Å². The Morgan fingerprint density at radius 2 is 1.71 bits per heavy atom. The van der Waals surface area contributed by atoms with Crippen LogP contribution in [0.5, 0.6) is 11.5 Å². The topological polar surface area (TPSA) is 150 Å². The van der Waals surface area contributed by atoms with Crippen LogP contribution in [0.15, 0.2) is 42.6 Å². The molecule has 1 aliphatic rings. The molecule has 1 fully saturated rings. The van der Waals surface area contributed by atoms with E-state index in [-0.39, 0.29) is 30.2 Å². The molecule has 4 unspecified atom stereocenters. The number of esters is 3. The highest BCUT2D eigenvalue weighted by atomic mass is 16.6. The van der Waals surface area contributed by atoms with Crippen LogP contribution >= 0.6 is 0 Å². The molecule has 1 aromatic heterocycles. The number of nitrogens with zero attached hydrogens (tertiary/aromatic N) is 1. The van der Waals surface area contributed by atoms with Gasteiger partial charge in [-0.05, 0) is 31.7 Å². The Labute approximate surface area is 265 Å². The van der Waals surface area contributed by atoms with Crippen molar-refractivity contribution in [2.75, 3.05) is 20.3 Å². The molecule has 1 saturated heterocycles. The lowest BCUT2D eigenvalue weighted by Crippen LogP contribution is -2.43. The maximum absolute atomic E-state index is 13.3. The molecule has 1 aromatic carbocycles. The molecule has 45 heavy (non-hydrogen) atoms. The van der Waals surface area contributed by atoms with Crippen LogP contribution in [0.1, 0.15) is 81.8 Å². The highest BCUT2D eigenvalue weighted by Crippen LogP contribution is 2.28. The summed E-state index contributed by atoms with van der Waals surface area (Å²) in [4.78, 5) is 55.2. The van der Waals surface area contributed by atoms with Crippen molar-refractivity contribution in [3.8, 4) is 11.5 Å². The van der Waals surface area contributed by atoms with Crippen LogP contribution in [0.2, 0.25) is 0 Å². The summed E-state index contributed by atoms with van der Waals surface area (Å²) >= 11 is 0. The second-order valence-corrected chi connectivity index (χ2v) is 11.7. The molecular formula is C34H46N2O9. The van der Waals surface area contributed by atoms with Crippen LogP contribution in [0.3, 0.4) is 0 Å². The van der Waals surface area contributed by atoms with Crippen LogP contribution in [-0.2, 0) is 35.0 Å². The lowest BCUT2D eigenvalue weighted by molar-refractivity contribution is -0.177. The van der Waals surface area contributed by atoms with E-state index in [4.69, 9.17) is 18.9 Å². The Hall–Kier alpha value is -4.15. The van der Waals surface area contributed by atoms with E-state index in [2.05, 4.69) is 10.3 Å². The zero-order valence-electron chi connectivity index (χ0n) is 26.7. The smallest absolute Gasteiger partial charge is 0.313 e. The van der Waals surface area contributed by atoms with Crippen molar-refractivity contribution < 1.29 is 43.2 Å². The minimum Gasteiger partial charge on any atom is -0.503 e. The maximum Gasteiger partial charge on any atom is 0.313 e. The van der Waals surface area contributed by atoms with Gasteiger partial charge in [-0.1, -0.05) is 76.3 Å². The Balaban J connectivity index is 1.45. The largest absolute Gasteiger partial charge is 0.503 e. The lowest BCUT2D eigenvalue weighted by Gasteiger charge is -2.29. The van der Waals surface area contributed by atoms with Crippen LogP contribution in [0, 0.1) is 17.8 Å². The van der Waals surface area contributed by atoms with E-state index < -0.39 is 53.8 Å². The number of amides is 1. The first-order valence-electron chi connectivity index (χ1n) is 15.7.